The summed E-state index contributed by atoms with van der Waals surface area (Å²) in [6.07, 6.45) is 0. The molecule has 0 spiro atoms. The number of hydrogen-bond acceptors (Lipinski definition) is 4. The molecule has 172 valence electrons. The zero-order valence-electron chi connectivity index (χ0n) is 18.8. The molecule has 34 heavy (non-hydrogen) atoms. The fourth-order valence-corrected chi connectivity index (χ4v) is 3.67. The first-order chi connectivity index (χ1) is 16.3. The molecule has 1 heterocycles. The van der Waals surface area contributed by atoms with Gasteiger partial charge in [-0.2, -0.15) is 9.78 Å². The smallest absolute Gasteiger partial charge is 0.346 e. The zero-order chi connectivity index (χ0) is 24.2. The zero-order valence-corrected chi connectivity index (χ0v) is 18.8. The van der Waals surface area contributed by atoms with Crippen LogP contribution < -0.4 is 16.6 Å². The molecule has 0 aliphatic carbocycles. The second-order valence-electron chi connectivity index (χ2n) is 8.07. The lowest BCUT2D eigenvalue weighted by atomic mass is 10.1. The van der Waals surface area contributed by atoms with Crippen LogP contribution in [0.25, 0.3) is 5.69 Å². The maximum atomic E-state index is 13.3. The molecule has 0 fully saturated rings. The molecular formula is C26H23FN4O3. The number of nitrogens with zero attached hydrogens (tertiary/aromatic N) is 3. The van der Waals surface area contributed by atoms with E-state index >= 15 is 0 Å². The topological polar surface area (TPSA) is 86.0 Å². The van der Waals surface area contributed by atoms with Gasteiger partial charge < -0.3 is 5.32 Å². The fraction of sp³-hybridized carbons (Fsp3) is 0.154. The van der Waals surface area contributed by atoms with E-state index < -0.39 is 28.7 Å². The van der Waals surface area contributed by atoms with Crippen LogP contribution >= 0.6 is 0 Å². The molecule has 3 aromatic carbocycles. The highest BCUT2D eigenvalue weighted by atomic mass is 19.1. The van der Waals surface area contributed by atoms with Gasteiger partial charge >= 0.3 is 5.69 Å². The number of aromatic nitrogens is 3. The van der Waals surface area contributed by atoms with E-state index in [-0.39, 0.29) is 13.1 Å². The van der Waals surface area contributed by atoms with Gasteiger partial charge in [-0.1, -0.05) is 48.5 Å². The van der Waals surface area contributed by atoms with Gasteiger partial charge in [0.2, 0.25) is 5.69 Å². The van der Waals surface area contributed by atoms with Crippen LogP contribution in [0.4, 0.5) is 4.39 Å². The highest BCUT2D eigenvalue weighted by Crippen LogP contribution is 2.11. The number of nitrogens with one attached hydrogen (secondary N) is 1. The molecule has 0 unspecified atom stereocenters. The van der Waals surface area contributed by atoms with Gasteiger partial charge in [-0.15, -0.1) is 0 Å². The first-order valence-corrected chi connectivity index (χ1v) is 10.7. The van der Waals surface area contributed by atoms with Gasteiger partial charge in [0.1, 0.15) is 5.82 Å². The third-order valence-corrected chi connectivity index (χ3v) is 5.28. The number of aryl methyl sites for hydroxylation is 2. The van der Waals surface area contributed by atoms with Crippen molar-refractivity contribution in [2.45, 2.75) is 26.9 Å². The summed E-state index contributed by atoms with van der Waals surface area (Å²) in [7, 11) is 0. The van der Waals surface area contributed by atoms with Crippen molar-refractivity contribution in [1.82, 2.24) is 19.7 Å². The lowest BCUT2D eigenvalue weighted by Crippen LogP contribution is -2.46. The summed E-state index contributed by atoms with van der Waals surface area (Å²) in [5, 5.41) is 6.85. The third-order valence-electron chi connectivity index (χ3n) is 5.28. The molecule has 0 bridgehead atoms. The maximum absolute atomic E-state index is 13.3. The quantitative estimate of drug-likeness (QED) is 0.481. The van der Waals surface area contributed by atoms with Crippen LogP contribution in [-0.2, 0) is 13.1 Å². The number of carbonyl (C=O) groups excluding carboxylic acids is 1. The minimum Gasteiger partial charge on any atom is -0.346 e. The standard InChI is InChI=1S/C26H23FN4O3/c1-17-12-18(2)14-22(13-17)31-26(34)30(16-20-8-10-21(27)11-9-20)25(33)23(29-31)24(32)28-15-19-6-4-3-5-7-19/h3-14H,15-16H2,1-2H3,(H,28,32). The van der Waals surface area contributed by atoms with Crippen molar-refractivity contribution in [1.29, 1.82) is 0 Å². The molecule has 0 saturated carbocycles. The first kappa shape index (κ1) is 22.8. The second kappa shape index (κ2) is 9.66. The van der Waals surface area contributed by atoms with Crippen LogP contribution in [0, 0.1) is 19.7 Å². The minimum atomic E-state index is -0.819. The Balaban J connectivity index is 1.81. The molecule has 1 amide bonds. The number of rotatable bonds is 6. The Bertz CT molecular complexity index is 1440. The molecule has 0 saturated heterocycles. The Morgan fingerprint density at radius 1 is 0.912 bits per heavy atom. The van der Waals surface area contributed by atoms with Gasteiger partial charge in [0, 0.05) is 6.54 Å². The highest BCUT2D eigenvalue weighted by molar-refractivity contribution is 5.91. The van der Waals surface area contributed by atoms with Gasteiger partial charge in [-0.3, -0.25) is 14.2 Å². The summed E-state index contributed by atoms with van der Waals surface area (Å²) in [6, 6.07) is 20.1. The van der Waals surface area contributed by atoms with Gasteiger partial charge in [0.15, 0.2) is 0 Å². The molecule has 1 N–H and O–H groups in total. The Labute approximate surface area is 195 Å². The lowest BCUT2D eigenvalue weighted by molar-refractivity contribution is 0.0941. The van der Waals surface area contributed by atoms with Crippen LogP contribution in [0.1, 0.15) is 32.7 Å². The largest absolute Gasteiger partial charge is 0.352 e. The predicted octanol–water partition coefficient (Wildman–Crippen LogP) is 3.13. The van der Waals surface area contributed by atoms with E-state index in [1.54, 1.807) is 12.1 Å². The van der Waals surface area contributed by atoms with Crippen molar-refractivity contribution in [3.8, 4) is 5.69 Å². The Morgan fingerprint density at radius 2 is 1.56 bits per heavy atom. The molecule has 1 aromatic heterocycles. The monoisotopic (exact) mass is 458 g/mol. The summed E-state index contributed by atoms with van der Waals surface area (Å²) in [5.41, 5.74) is 1.70. The van der Waals surface area contributed by atoms with E-state index in [1.165, 1.54) is 24.3 Å². The molecule has 0 aliphatic rings. The average molecular weight is 458 g/mol. The molecule has 4 rings (SSSR count). The van der Waals surface area contributed by atoms with E-state index in [0.717, 1.165) is 25.9 Å². The van der Waals surface area contributed by atoms with Crippen molar-refractivity contribution in [2.75, 3.05) is 0 Å². The number of carbonyl (C=O) groups is 1. The summed E-state index contributed by atoms with van der Waals surface area (Å²) in [4.78, 5) is 39.4. The molecule has 7 nitrogen and oxygen atoms in total. The van der Waals surface area contributed by atoms with Crippen molar-refractivity contribution in [2.24, 2.45) is 0 Å². The van der Waals surface area contributed by atoms with E-state index in [9.17, 15) is 18.8 Å². The molecule has 8 heteroatoms. The average Bonchev–Trinajstić information content (AvgIpc) is 2.81. The van der Waals surface area contributed by atoms with Gasteiger partial charge in [-0.25, -0.2) is 9.18 Å². The first-order valence-electron chi connectivity index (χ1n) is 10.7. The summed E-state index contributed by atoms with van der Waals surface area (Å²) < 4.78 is 15.3. The number of benzene rings is 3. The molecule has 0 atom stereocenters. The van der Waals surface area contributed by atoms with E-state index in [1.807, 2.05) is 50.2 Å². The molecule has 0 radical (unpaired) electrons. The van der Waals surface area contributed by atoms with Crippen molar-refractivity contribution in [3.05, 3.63) is 127 Å². The van der Waals surface area contributed by atoms with E-state index in [0.29, 0.717) is 11.3 Å². The van der Waals surface area contributed by atoms with Crippen LogP contribution in [0.5, 0.6) is 0 Å². The van der Waals surface area contributed by atoms with E-state index in [2.05, 4.69) is 10.4 Å². The summed E-state index contributed by atoms with van der Waals surface area (Å²) in [5.74, 6) is -1.13. The van der Waals surface area contributed by atoms with Gasteiger partial charge in [0.05, 0.1) is 12.2 Å². The van der Waals surface area contributed by atoms with Crippen molar-refractivity contribution < 1.29 is 9.18 Å². The Kier molecular flexibility index (Phi) is 6.49. The van der Waals surface area contributed by atoms with Crippen LogP contribution in [0.15, 0.2) is 82.4 Å². The number of amides is 1. The van der Waals surface area contributed by atoms with E-state index in [4.69, 9.17) is 0 Å². The molecule has 4 aromatic rings. The van der Waals surface area contributed by atoms with Crippen LogP contribution in [0.3, 0.4) is 0 Å². The Hall–Kier alpha value is -4.33. The fourth-order valence-electron chi connectivity index (χ4n) is 3.67. The summed E-state index contributed by atoms with van der Waals surface area (Å²) >= 11 is 0. The second-order valence-corrected chi connectivity index (χ2v) is 8.07. The van der Waals surface area contributed by atoms with Crippen LogP contribution in [0.2, 0.25) is 0 Å². The van der Waals surface area contributed by atoms with Crippen LogP contribution in [-0.4, -0.2) is 20.3 Å². The lowest BCUT2D eigenvalue weighted by Gasteiger charge is -2.13. The minimum absolute atomic E-state index is 0.135. The van der Waals surface area contributed by atoms with Crippen molar-refractivity contribution >= 4 is 5.91 Å². The summed E-state index contributed by atoms with van der Waals surface area (Å²) in [6.45, 7) is 3.82. The number of hydrogen-bond donors (Lipinski definition) is 1. The van der Waals surface area contributed by atoms with Gasteiger partial charge in [-0.05, 0) is 60.4 Å². The Morgan fingerprint density at radius 3 is 2.21 bits per heavy atom. The molecular weight excluding hydrogens is 435 g/mol. The normalized spacial score (nSPS) is 10.8. The van der Waals surface area contributed by atoms with Gasteiger partial charge in [0.25, 0.3) is 11.5 Å². The molecule has 0 aliphatic heterocycles. The number of halogens is 1. The van der Waals surface area contributed by atoms with Crippen molar-refractivity contribution in [3.63, 3.8) is 0 Å². The maximum Gasteiger partial charge on any atom is 0.352 e. The highest BCUT2D eigenvalue weighted by Gasteiger charge is 2.20. The predicted molar refractivity (Wildman–Crippen MR) is 127 cm³/mol. The third kappa shape index (κ3) is 5.01. The SMILES string of the molecule is Cc1cc(C)cc(-n2nc(C(=O)NCc3ccccc3)c(=O)n(Cc3ccc(F)cc3)c2=O)c1.